The van der Waals surface area contributed by atoms with Gasteiger partial charge < -0.3 is 40.3 Å². The zero-order valence-electron chi connectivity index (χ0n) is 59.0. The number of nitrogens with one attached hydrogen (secondary N) is 1. The molecule has 1 aliphatic heterocycles. The van der Waals surface area contributed by atoms with Gasteiger partial charge in [0.1, 0.15) is 24.4 Å². The molecule has 1 amide bonds. The van der Waals surface area contributed by atoms with E-state index in [4.69, 9.17) is 9.47 Å². The van der Waals surface area contributed by atoms with E-state index in [9.17, 15) is 30.3 Å². The van der Waals surface area contributed by atoms with E-state index >= 15 is 0 Å². The highest BCUT2D eigenvalue weighted by Crippen LogP contribution is 2.24. The standard InChI is InChI=1S/C80H151NO8/c1-3-5-7-9-11-13-15-17-19-21-23-25-27-29-31-33-35-37-39-41-43-45-47-49-51-53-55-57-59-61-63-65-67-69-74(83)73(72-88-80-79(87)78(86)77(85)75(71-82)89-80)81-76(84)70-68-66-64-62-60-58-56-54-52-50-48-46-44-42-40-38-36-34-32-30-28-26-24-22-20-18-16-14-12-10-8-6-4-2/h22,24,51,53,59,61,67,69,73-75,77-80,82-83,85-87H,3-21,23,25-50,52,54-58,60,62-66,68,70-72H2,1-2H3,(H,81,84)/b24-22-,53-51+,61-59+,69-67+. The molecule has 524 valence electrons. The molecule has 89 heavy (non-hydrogen) atoms. The fraction of sp³-hybridized carbons (Fsp3) is 0.887. The first-order valence-electron chi connectivity index (χ1n) is 39.4. The maximum Gasteiger partial charge on any atom is 0.220 e. The average Bonchev–Trinajstić information content (AvgIpc) is 2.28. The van der Waals surface area contributed by atoms with E-state index in [0.29, 0.717) is 6.42 Å². The molecule has 0 aromatic rings. The molecule has 0 aliphatic carbocycles. The van der Waals surface area contributed by atoms with Crippen molar-refractivity contribution in [1.82, 2.24) is 5.32 Å². The van der Waals surface area contributed by atoms with Crippen molar-refractivity contribution in [1.29, 1.82) is 0 Å². The minimum Gasteiger partial charge on any atom is -0.394 e. The summed E-state index contributed by atoms with van der Waals surface area (Å²) in [6.45, 7) is 3.82. The number of hydrogen-bond acceptors (Lipinski definition) is 8. The third-order valence-corrected chi connectivity index (χ3v) is 18.9. The first-order chi connectivity index (χ1) is 43.8. The second kappa shape index (κ2) is 69.0. The van der Waals surface area contributed by atoms with Gasteiger partial charge >= 0.3 is 0 Å². The molecule has 1 rings (SSSR count). The van der Waals surface area contributed by atoms with Crippen LogP contribution in [0.4, 0.5) is 0 Å². The summed E-state index contributed by atoms with van der Waals surface area (Å²) in [5, 5.41) is 54.8. The molecule has 0 saturated carbocycles. The monoisotopic (exact) mass is 1250 g/mol. The lowest BCUT2D eigenvalue weighted by Gasteiger charge is -2.40. The third kappa shape index (κ3) is 57.3. The van der Waals surface area contributed by atoms with Gasteiger partial charge in [-0.2, -0.15) is 0 Å². The van der Waals surface area contributed by atoms with Crippen molar-refractivity contribution >= 4 is 5.91 Å². The Kier molecular flexibility index (Phi) is 66.0. The lowest BCUT2D eigenvalue weighted by atomic mass is 9.99. The topological polar surface area (TPSA) is 149 Å². The largest absolute Gasteiger partial charge is 0.394 e. The summed E-state index contributed by atoms with van der Waals surface area (Å²) >= 11 is 0. The number of hydrogen-bond donors (Lipinski definition) is 6. The van der Waals surface area contributed by atoms with Gasteiger partial charge in [0, 0.05) is 6.42 Å². The number of unbranched alkanes of at least 4 members (excludes halogenated alkanes) is 54. The van der Waals surface area contributed by atoms with Crippen LogP contribution in [0.5, 0.6) is 0 Å². The SMILES string of the molecule is CCCCCCCCCC/C=C\CCCCCCCCCCCCCCCCCCCCCCCC(=O)NC(COC1OC(CO)C(O)C(O)C1O)C(O)/C=C/CC/C=C/CC/C=C/CCCCCCCCCCCCCCCCCCCCCCCCC. The molecule has 7 unspecified atom stereocenters. The van der Waals surface area contributed by atoms with Crippen molar-refractivity contribution in [2.75, 3.05) is 13.2 Å². The zero-order valence-corrected chi connectivity index (χ0v) is 59.0. The van der Waals surface area contributed by atoms with Crippen molar-refractivity contribution in [3.05, 3.63) is 48.6 Å². The number of rotatable bonds is 70. The summed E-state index contributed by atoms with van der Waals surface area (Å²) < 4.78 is 11.3. The number of aliphatic hydroxyl groups is 5. The van der Waals surface area contributed by atoms with E-state index < -0.39 is 49.5 Å². The summed E-state index contributed by atoms with van der Waals surface area (Å²) in [5.41, 5.74) is 0. The first-order valence-corrected chi connectivity index (χ1v) is 39.4. The minimum absolute atomic E-state index is 0.183. The van der Waals surface area contributed by atoms with Gasteiger partial charge in [-0.3, -0.25) is 4.79 Å². The van der Waals surface area contributed by atoms with E-state index in [1.54, 1.807) is 6.08 Å². The molecular weight excluding hydrogens is 1100 g/mol. The van der Waals surface area contributed by atoms with Crippen LogP contribution >= 0.6 is 0 Å². The lowest BCUT2D eigenvalue weighted by molar-refractivity contribution is -0.302. The molecule has 1 saturated heterocycles. The number of carbonyl (C=O) groups excluding carboxylic acids is 1. The van der Waals surface area contributed by atoms with Crippen LogP contribution in [0.2, 0.25) is 0 Å². The van der Waals surface area contributed by atoms with Crippen molar-refractivity contribution in [3.63, 3.8) is 0 Å². The van der Waals surface area contributed by atoms with Gasteiger partial charge in [0.25, 0.3) is 0 Å². The van der Waals surface area contributed by atoms with Crippen LogP contribution in [0.3, 0.4) is 0 Å². The Bertz CT molecular complexity index is 1550. The van der Waals surface area contributed by atoms with E-state index in [1.165, 1.54) is 334 Å². The molecule has 1 aliphatic rings. The quantitative estimate of drug-likeness (QED) is 0.0261. The Morgan fingerprint density at radius 1 is 0.371 bits per heavy atom. The van der Waals surface area contributed by atoms with Crippen LogP contribution in [-0.2, 0) is 14.3 Å². The molecule has 1 fully saturated rings. The van der Waals surface area contributed by atoms with E-state index in [-0.39, 0.29) is 12.5 Å². The van der Waals surface area contributed by atoms with Crippen LogP contribution in [0, 0.1) is 0 Å². The Balaban J connectivity index is 2.10. The second-order valence-corrected chi connectivity index (χ2v) is 27.5. The average molecular weight is 1260 g/mol. The first kappa shape index (κ1) is 85.2. The van der Waals surface area contributed by atoms with Gasteiger partial charge in [0.05, 0.1) is 25.4 Å². The normalized spacial score (nSPS) is 18.0. The summed E-state index contributed by atoms with van der Waals surface area (Å²) in [7, 11) is 0. The van der Waals surface area contributed by atoms with Crippen LogP contribution in [0.1, 0.15) is 399 Å². The zero-order chi connectivity index (χ0) is 64.2. The highest BCUT2D eigenvalue weighted by Gasteiger charge is 2.44. The highest BCUT2D eigenvalue weighted by molar-refractivity contribution is 5.76. The highest BCUT2D eigenvalue weighted by atomic mass is 16.7. The predicted octanol–water partition coefficient (Wildman–Crippen LogP) is 22.3. The van der Waals surface area contributed by atoms with Gasteiger partial charge in [-0.15, -0.1) is 0 Å². The second-order valence-electron chi connectivity index (χ2n) is 27.5. The fourth-order valence-corrected chi connectivity index (χ4v) is 12.7. The molecule has 9 heteroatoms. The van der Waals surface area contributed by atoms with Crippen molar-refractivity contribution in [3.8, 4) is 0 Å². The molecule has 6 N–H and O–H groups in total. The van der Waals surface area contributed by atoms with Crippen molar-refractivity contribution in [2.45, 2.75) is 442 Å². The molecular formula is C80H151NO8. The van der Waals surface area contributed by atoms with Crippen LogP contribution in [0.15, 0.2) is 48.6 Å². The van der Waals surface area contributed by atoms with E-state index in [2.05, 4.69) is 55.6 Å². The van der Waals surface area contributed by atoms with Crippen molar-refractivity contribution < 1.29 is 39.8 Å². The minimum atomic E-state index is -1.58. The number of ether oxygens (including phenoxy) is 2. The number of allylic oxidation sites excluding steroid dienone is 7. The third-order valence-electron chi connectivity index (χ3n) is 18.9. The Labute approximate surface area is 552 Å². The number of carbonyl (C=O) groups is 1. The molecule has 7 atom stereocenters. The Morgan fingerprint density at radius 3 is 0.944 bits per heavy atom. The smallest absolute Gasteiger partial charge is 0.220 e. The van der Waals surface area contributed by atoms with Crippen LogP contribution in [0.25, 0.3) is 0 Å². The number of amides is 1. The molecule has 9 nitrogen and oxygen atoms in total. The fourth-order valence-electron chi connectivity index (χ4n) is 12.7. The lowest BCUT2D eigenvalue weighted by Crippen LogP contribution is -2.60. The van der Waals surface area contributed by atoms with Gasteiger partial charge in [0.15, 0.2) is 6.29 Å². The van der Waals surface area contributed by atoms with E-state index in [1.807, 2.05) is 6.08 Å². The van der Waals surface area contributed by atoms with Crippen molar-refractivity contribution in [2.24, 2.45) is 0 Å². The van der Waals surface area contributed by atoms with Crippen LogP contribution in [-0.4, -0.2) is 87.5 Å². The van der Waals surface area contributed by atoms with Crippen LogP contribution < -0.4 is 5.32 Å². The van der Waals surface area contributed by atoms with Gasteiger partial charge in [0.2, 0.25) is 5.91 Å². The summed E-state index contributed by atoms with van der Waals surface area (Å²) in [5.74, 6) is -0.183. The Morgan fingerprint density at radius 2 is 0.640 bits per heavy atom. The summed E-state index contributed by atoms with van der Waals surface area (Å²) in [4.78, 5) is 13.2. The molecule has 0 spiro atoms. The molecule has 0 bridgehead atoms. The molecule has 0 aromatic heterocycles. The van der Waals surface area contributed by atoms with Gasteiger partial charge in [-0.25, -0.2) is 0 Å². The molecule has 1 heterocycles. The molecule has 0 radical (unpaired) electrons. The van der Waals surface area contributed by atoms with Gasteiger partial charge in [-0.05, 0) is 70.6 Å². The summed E-state index contributed by atoms with van der Waals surface area (Å²) in [6, 6.07) is -0.830. The summed E-state index contributed by atoms with van der Waals surface area (Å²) in [6.07, 6.45) is 88.4. The maximum absolute atomic E-state index is 13.2. The maximum atomic E-state index is 13.2. The van der Waals surface area contributed by atoms with E-state index in [0.717, 1.165) is 44.9 Å². The Hall–Kier alpha value is -1.85. The molecule has 0 aromatic carbocycles. The predicted molar refractivity (Wildman–Crippen MR) is 383 cm³/mol. The number of aliphatic hydroxyl groups excluding tert-OH is 5. The van der Waals surface area contributed by atoms with Gasteiger partial charge in [-0.1, -0.05) is 371 Å².